The minimum Gasteiger partial charge on any atom is -0.507 e. The van der Waals surface area contributed by atoms with Crippen molar-refractivity contribution in [3.8, 4) is 5.75 Å². The molecule has 0 bridgehead atoms. The molecule has 1 aromatic carbocycles. The lowest BCUT2D eigenvalue weighted by atomic mass is 9.79. The average molecular weight is 266 g/mol. The first kappa shape index (κ1) is 15.4. The molecule has 0 radical (unpaired) electrons. The molecule has 0 aliphatic heterocycles. The molecule has 1 nitrogen and oxygen atoms in total. The number of rotatable bonds is 2. The summed E-state index contributed by atoms with van der Waals surface area (Å²) in [6.07, 6.45) is 0. The van der Waals surface area contributed by atoms with Gasteiger partial charge in [-0.25, -0.2) is 0 Å². The summed E-state index contributed by atoms with van der Waals surface area (Å²) in [6.45, 7) is 15.0. The van der Waals surface area contributed by atoms with Crippen LogP contribution in [0.5, 0.6) is 5.75 Å². The molecule has 0 atom stereocenters. The van der Waals surface area contributed by atoms with E-state index >= 15 is 0 Å². The van der Waals surface area contributed by atoms with Crippen LogP contribution in [0.15, 0.2) is 17.0 Å². The van der Waals surface area contributed by atoms with Gasteiger partial charge in [0, 0.05) is 16.0 Å². The summed E-state index contributed by atoms with van der Waals surface area (Å²) in [5, 5.41) is 10.5. The molecule has 0 unspecified atom stereocenters. The van der Waals surface area contributed by atoms with Crippen molar-refractivity contribution in [2.45, 2.75) is 64.2 Å². The van der Waals surface area contributed by atoms with Gasteiger partial charge in [0.25, 0.3) is 0 Å². The van der Waals surface area contributed by atoms with Gasteiger partial charge in [-0.1, -0.05) is 48.5 Å². The molecule has 0 heterocycles. The first-order valence-electron chi connectivity index (χ1n) is 6.58. The van der Waals surface area contributed by atoms with E-state index in [0.29, 0.717) is 5.75 Å². The molecule has 0 saturated carbocycles. The number of aromatic hydroxyl groups is 1. The Kier molecular flexibility index (Phi) is 4.42. The monoisotopic (exact) mass is 266 g/mol. The zero-order valence-corrected chi connectivity index (χ0v) is 13.5. The Balaban J connectivity index is 3.48. The fraction of sp³-hybridized carbons (Fsp3) is 0.625. The zero-order valence-electron chi connectivity index (χ0n) is 12.7. The molecular formula is C16H26OS. The molecule has 0 aliphatic carbocycles. The molecule has 0 aromatic heterocycles. The van der Waals surface area contributed by atoms with Gasteiger partial charge in [0.15, 0.2) is 0 Å². The zero-order chi connectivity index (χ0) is 14.1. The molecule has 1 rings (SSSR count). The number of phenolic OH excluding ortho intramolecular Hbond substituents is 1. The van der Waals surface area contributed by atoms with Gasteiger partial charge in [-0.05, 0) is 28.7 Å². The lowest BCUT2D eigenvalue weighted by Gasteiger charge is -2.28. The van der Waals surface area contributed by atoms with Gasteiger partial charge in [0.1, 0.15) is 5.75 Å². The van der Waals surface area contributed by atoms with E-state index in [0.717, 1.165) is 16.9 Å². The van der Waals surface area contributed by atoms with Crippen LogP contribution in [0.2, 0.25) is 0 Å². The second-order valence-corrected chi connectivity index (χ2v) is 8.14. The number of phenols is 1. The summed E-state index contributed by atoms with van der Waals surface area (Å²) in [5.41, 5.74) is 2.03. The molecule has 0 saturated heterocycles. The van der Waals surface area contributed by atoms with Crippen LogP contribution in [0.4, 0.5) is 0 Å². The standard InChI is InChI=1S/C16H26OS/c1-8-18-11-9-12(15(2,3)4)14(17)13(10-11)16(5,6)7/h9-10,17H,8H2,1-7H3. The third-order valence-electron chi connectivity index (χ3n) is 3.01. The van der Waals surface area contributed by atoms with E-state index < -0.39 is 0 Å². The van der Waals surface area contributed by atoms with Crippen molar-refractivity contribution < 1.29 is 5.11 Å². The quantitative estimate of drug-likeness (QED) is 0.752. The van der Waals surface area contributed by atoms with Gasteiger partial charge in [-0.15, -0.1) is 11.8 Å². The van der Waals surface area contributed by atoms with Crippen molar-refractivity contribution in [3.63, 3.8) is 0 Å². The number of hydrogen-bond donors (Lipinski definition) is 1. The van der Waals surface area contributed by atoms with Crippen LogP contribution < -0.4 is 0 Å². The summed E-state index contributed by atoms with van der Waals surface area (Å²) in [6, 6.07) is 4.28. The number of thioether (sulfide) groups is 1. The summed E-state index contributed by atoms with van der Waals surface area (Å²) in [7, 11) is 0. The van der Waals surface area contributed by atoms with Crippen LogP contribution in [-0.2, 0) is 10.8 Å². The SMILES string of the molecule is CCSc1cc(C(C)(C)C)c(O)c(C(C)(C)C)c1. The fourth-order valence-electron chi connectivity index (χ4n) is 2.00. The van der Waals surface area contributed by atoms with E-state index in [1.54, 1.807) is 0 Å². The largest absolute Gasteiger partial charge is 0.507 e. The summed E-state index contributed by atoms with van der Waals surface area (Å²) in [5.74, 6) is 1.52. The second-order valence-electron chi connectivity index (χ2n) is 6.80. The van der Waals surface area contributed by atoms with Gasteiger partial charge in [-0.3, -0.25) is 0 Å². The van der Waals surface area contributed by atoms with E-state index in [2.05, 4.69) is 60.6 Å². The van der Waals surface area contributed by atoms with Gasteiger partial charge in [0.05, 0.1) is 0 Å². The third kappa shape index (κ3) is 3.44. The molecular weight excluding hydrogens is 240 g/mol. The summed E-state index contributed by atoms with van der Waals surface area (Å²) < 4.78 is 0. The minimum absolute atomic E-state index is 0.0333. The van der Waals surface area contributed by atoms with E-state index in [1.807, 2.05) is 11.8 Å². The Labute approximate surface area is 116 Å². The molecule has 2 heteroatoms. The Morgan fingerprint density at radius 1 is 0.944 bits per heavy atom. The fourth-order valence-corrected chi connectivity index (χ4v) is 2.74. The van der Waals surface area contributed by atoms with Crippen LogP contribution in [0, 0.1) is 0 Å². The molecule has 0 aliphatic rings. The lowest BCUT2D eigenvalue weighted by Crippen LogP contribution is -2.17. The maximum absolute atomic E-state index is 10.5. The van der Waals surface area contributed by atoms with Crippen LogP contribution >= 0.6 is 11.8 Å². The van der Waals surface area contributed by atoms with E-state index in [-0.39, 0.29) is 10.8 Å². The Morgan fingerprint density at radius 3 is 1.61 bits per heavy atom. The molecule has 0 fully saturated rings. The predicted molar refractivity (Wildman–Crippen MR) is 81.9 cm³/mol. The minimum atomic E-state index is -0.0333. The highest BCUT2D eigenvalue weighted by Gasteiger charge is 2.26. The highest BCUT2D eigenvalue weighted by atomic mass is 32.2. The van der Waals surface area contributed by atoms with Crippen LogP contribution in [0.3, 0.4) is 0 Å². The van der Waals surface area contributed by atoms with Gasteiger partial charge < -0.3 is 5.11 Å². The molecule has 1 N–H and O–H groups in total. The smallest absolute Gasteiger partial charge is 0.123 e. The summed E-state index contributed by atoms with van der Waals surface area (Å²) >= 11 is 1.83. The number of benzene rings is 1. The maximum atomic E-state index is 10.5. The van der Waals surface area contributed by atoms with Crippen LogP contribution in [-0.4, -0.2) is 10.9 Å². The number of hydrogen-bond acceptors (Lipinski definition) is 2. The van der Waals surface area contributed by atoms with Crippen LogP contribution in [0.1, 0.15) is 59.6 Å². The van der Waals surface area contributed by atoms with E-state index in [9.17, 15) is 5.11 Å². The molecule has 0 amide bonds. The molecule has 18 heavy (non-hydrogen) atoms. The molecule has 0 spiro atoms. The topological polar surface area (TPSA) is 20.2 Å². The lowest BCUT2D eigenvalue weighted by molar-refractivity contribution is 0.422. The average Bonchev–Trinajstić information content (AvgIpc) is 2.17. The molecule has 102 valence electrons. The third-order valence-corrected chi connectivity index (χ3v) is 3.87. The Bertz CT molecular complexity index is 387. The van der Waals surface area contributed by atoms with Gasteiger partial charge in [-0.2, -0.15) is 0 Å². The first-order valence-corrected chi connectivity index (χ1v) is 7.56. The highest BCUT2D eigenvalue weighted by molar-refractivity contribution is 7.99. The Hall–Kier alpha value is -0.630. The first-order chi connectivity index (χ1) is 8.07. The van der Waals surface area contributed by atoms with Gasteiger partial charge >= 0.3 is 0 Å². The Morgan fingerprint density at radius 2 is 1.33 bits per heavy atom. The van der Waals surface area contributed by atoms with Crippen molar-refractivity contribution in [3.05, 3.63) is 23.3 Å². The van der Waals surface area contributed by atoms with Crippen molar-refractivity contribution in [2.24, 2.45) is 0 Å². The van der Waals surface area contributed by atoms with Crippen molar-refractivity contribution >= 4 is 11.8 Å². The maximum Gasteiger partial charge on any atom is 0.123 e. The highest BCUT2D eigenvalue weighted by Crippen LogP contribution is 2.41. The van der Waals surface area contributed by atoms with E-state index in [4.69, 9.17) is 0 Å². The van der Waals surface area contributed by atoms with E-state index in [1.165, 1.54) is 4.90 Å². The van der Waals surface area contributed by atoms with Crippen LogP contribution in [0.25, 0.3) is 0 Å². The van der Waals surface area contributed by atoms with Gasteiger partial charge in [0.2, 0.25) is 0 Å². The van der Waals surface area contributed by atoms with Crippen molar-refractivity contribution in [1.29, 1.82) is 0 Å². The molecule has 1 aromatic rings. The predicted octanol–water partition coefficient (Wildman–Crippen LogP) is 5.10. The normalized spacial score (nSPS) is 12.8. The van der Waals surface area contributed by atoms with Crippen molar-refractivity contribution in [2.75, 3.05) is 5.75 Å². The summed E-state index contributed by atoms with van der Waals surface area (Å²) in [4.78, 5) is 1.25. The van der Waals surface area contributed by atoms with Crippen molar-refractivity contribution in [1.82, 2.24) is 0 Å². The second kappa shape index (κ2) is 5.16.